The fourth-order valence-corrected chi connectivity index (χ4v) is 6.42. The van der Waals surface area contributed by atoms with Crippen molar-refractivity contribution in [1.29, 1.82) is 0 Å². The van der Waals surface area contributed by atoms with Gasteiger partial charge in [0.25, 0.3) is 0 Å². The summed E-state index contributed by atoms with van der Waals surface area (Å²) in [5.41, 5.74) is 2.53. The number of nitrogens with one attached hydrogen (secondary N) is 1. The lowest BCUT2D eigenvalue weighted by atomic mass is 9.75. The lowest BCUT2D eigenvalue weighted by Gasteiger charge is -2.41. The number of likely N-dealkylation sites (tertiary alicyclic amines) is 1. The van der Waals surface area contributed by atoms with Gasteiger partial charge in [-0.05, 0) is 56.6 Å². The van der Waals surface area contributed by atoms with Gasteiger partial charge in [-0.2, -0.15) is 0 Å². The number of amides is 1. The summed E-state index contributed by atoms with van der Waals surface area (Å²) in [7, 11) is -3.60. The Morgan fingerprint density at radius 3 is 2.37 bits per heavy atom. The third kappa shape index (κ3) is 4.72. The third-order valence-corrected chi connectivity index (χ3v) is 7.91. The van der Waals surface area contributed by atoms with Gasteiger partial charge >= 0.3 is 0 Å². The van der Waals surface area contributed by atoms with Crippen molar-refractivity contribution in [3.05, 3.63) is 28.8 Å². The van der Waals surface area contributed by atoms with Gasteiger partial charge in [-0.3, -0.25) is 4.79 Å². The van der Waals surface area contributed by atoms with Gasteiger partial charge in [0.1, 0.15) is 0 Å². The van der Waals surface area contributed by atoms with E-state index in [2.05, 4.69) is 4.72 Å². The van der Waals surface area contributed by atoms with Gasteiger partial charge in [0.05, 0.1) is 4.90 Å². The SMILES string of the molecule is Cc1cc(C)c(S(=O)(=O)NCCC(=O)N2CCC3CCCCC3C2)c(C)c1. The summed E-state index contributed by atoms with van der Waals surface area (Å²) in [6, 6.07) is 3.75. The lowest BCUT2D eigenvalue weighted by molar-refractivity contribution is -0.134. The summed E-state index contributed by atoms with van der Waals surface area (Å²) < 4.78 is 28.0. The molecule has 6 heteroatoms. The molecule has 1 amide bonds. The van der Waals surface area contributed by atoms with Crippen molar-refractivity contribution in [2.45, 2.75) is 64.2 Å². The molecule has 1 aromatic carbocycles. The van der Waals surface area contributed by atoms with Gasteiger partial charge in [0.2, 0.25) is 15.9 Å². The maximum Gasteiger partial charge on any atom is 0.241 e. The Kier molecular flexibility index (Phi) is 6.26. The molecule has 0 bridgehead atoms. The normalized spacial score (nSPS) is 23.1. The molecule has 1 aliphatic heterocycles. The zero-order chi connectivity index (χ0) is 19.6. The minimum absolute atomic E-state index is 0.0686. The van der Waals surface area contributed by atoms with E-state index in [1.165, 1.54) is 25.7 Å². The minimum atomic E-state index is -3.60. The Labute approximate surface area is 163 Å². The number of fused-ring (bicyclic) bond motifs is 1. The Balaban J connectivity index is 1.55. The molecule has 5 nitrogen and oxygen atoms in total. The molecule has 1 aromatic rings. The molecule has 1 aliphatic carbocycles. The van der Waals surface area contributed by atoms with Gasteiger partial charge in [0, 0.05) is 26.1 Å². The quantitative estimate of drug-likeness (QED) is 0.836. The van der Waals surface area contributed by atoms with Crippen LogP contribution in [0.1, 0.15) is 55.2 Å². The summed E-state index contributed by atoms with van der Waals surface area (Å²) in [4.78, 5) is 14.8. The van der Waals surface area contributed by atoms with E-state index in [4.69, 9.17) is 0 Å². The number of sulfonamides is 1. The molecule has 0 aromatic heterocycles. The zero-order valence-corrected chi connectivity index (χ0v) is 17.6. The Hall–Kier alpha value is -1.40. The first-order chi connectivity index (χ1) is 12.8. The highest BCUT2D eigenvalue weighted by molar-refractivity contribution is 7.89. The first kappa shape index (κ1) is 20.3. The van der Waals surface area contributed by atoms with Crippen LogP contribution in [-0.2, 0) is 14.8 Å². The van der Waals surface area contributed by atoms with Crippen molar-refractivity contribution in [3.8, 4) is 0 Å². The van der Waals surface area contributed by atoms with Crippen LogP contribution in [0.25, 0.3) is 0 Å². The highest BCUT2D eigenvalue weighted by Crippen LogP contribution is 2.36. The molecule has 2 atom stereocenters. The number of carbonyl (C=O) groups excluding carboxylic acids is 1. The van der Waals surface area contributed by atoms with Crippen molar-refractivity contribution >= 4 is 15.9 Å². The largest absolute Gasteiger partial charge is 0.342 e. The van der Waals surface area contributed by atoms with Crippen molar-refractivity contribution < 1.29 is 13.2 Å². The van der Waals surface area contributed by atoms with E-state index >= 15 is 0 Å². The van der Waals surface area contributed by atoms with E-state index in [-0.39, 0.29) is 18.9 Å². The van der Waals surface area contributed by atoms with E-state index in [1.807, 2.05) is 37.8 Å². The molecule has 2 unspecified atom stereocenters. The molecule has 2 fully saturated rings. The number of nitrogens with zero attached hydrogens (tertiary/aromatic N) is 1. The molecule has 1 N–H and O–H groups in total. The highest BCUT2D eigenvalue weighted by Gasteiger charge is 2.32. The monoisotopic (exact) mass is 392 g/mol. The first-order valence-electron chi connectivity index (χ1n) is 10.1. The number of rotatable bonds is 5. The Bertz CT molecular complexity index is 781. The number of aryl methyl sites for hydroxylation is 3. The molecule has 2 aliphatic rings. The van der Waals surface area contributed by atoms with Crippen LogP contribution in [0, 0.1) is 32.6 Å². The predicted molar refractivity (Wildman–Crippen MR) is 107 cm³/mol. The summed E-state index contributed by atoms with van der Waals surface area (Å²) in [6.45, 7) is 7.41. The second-order valence-corrected chi connectivity index (χ2v) is 10.0. The molecule has 1 heterocycles. The fraction of sp³-hybridized carbons (Fsp3) is 0.667. The number of hydrogen-bond donors (Lipinski definition) is 1. The summed E-state index contributed by atoms with van der Waals surface area (Å²) in [5, 5.41) is 0. The number of piperidine rings is 1. The molecule has 1 saturated carbocycles. The molecular weight excluding hydrogens is 360 g/mol. The molecule has 0 spiro atoms. The zero-order valence-electron chi connectivity index (χ0n) is 16.8. The van der Waals surface area contributed by atoms with Crippen LogP contribution in [0.2, 0.25) is 0 Å². The number of benzene rings is 1. The van der Waals surface area contributed by atoms with Crippen molar-refractivity contribution in [2.75, 3.05) is 19.6 Å². The predicted octanol–water partition coefficient (Wildman–Crippen LogP) is 3.32. The standard InChI is InChI=1S/C21H32N2O3S/c1-15-12-16(2)21(17(3)13-15)27(25,26)22-10-8-20(24)23-11-9-18-6-4-5-7-19(18)14-23/h12-13,18-19,22H,4-11,14H2,1-3H3. The van der Waals surface area contributed by atoms with Gasteiger partial charge in [-0.25, -0.2) is 13.1 Å². The van der Waals surface area contributed by atoms with E-state index < -0.39 is 10.0 Å². The number of carbonyl (C=O) groups is 1. The van der Waals surface area contributed by atoms with Gasteiger partial charge in [-0.1, -0.05) is 37.0 Å². The van der Waals surface area contributed by atoms with Crippen LogP contribution in [0.5, 0.6) is 0 Å². The smallest absolute Gasteiger partial charge is 0.241 e. The van der Waals surface area contributed by atoms with Crippen LogP contribution in [0.4, 0.5) is 0 Å². The minimum Gasteiger partial charge on any atom is -0.342 e. The Morgan fingerprint density at radius 2 is 1.70 bits per heavy atom. The van der Waals surface area contributed by atoms with E-state index in [1.54, 1.807) is 0 Å². The average molecular weight is 393 g/mol. The molecule has 1 saturated heterocycles. The summed E-state index contributed by atoms with van der Waals surface area (Å²) >= 11 is 0. The molecule has 0 radical (unpaired) electrons. The van der Waals surface area contributed by atoms with E-state index in [0.29, 0.717) is 10.8 Å². The van der Waals surface area contributed by atoms with Crippen LogP contribution in [-0.4, -0.2) is 38.9 Å². The van der Waals surface area contributed by atoms with Crippen molar-refractivity contribution in [1.82, 2.24) is 9.62 Å². The van der Waals surface area contributed by atoms with Crippen molar-refractivity contribution in [2.24, 2.45) is 11.8 Å². The number of hydrogen-bond acceptors (Lipinski definition) is 3. The molecule has 3 rings (SSSR count). The molecule has 27 heavy (non-hydrogen) atoms. The van der Waals surface area contributed by atoms with Crippen LogP contribution in [0.15, 0.2) is 17.0 Å². The van der Waals surface area contributed by atoms with E-state index in [0.717, 1.165) is 42.1 Å². The third-order valence-electron chi connectivity index (χ3n) is 6.15. The molecular formula is C21H32N2O3S. The summed E-state index contributed by atoms with van der Waals surface area (Å²) in [5.74, 6) is 1.50. The van der Waals surface area contributed by atoms with E-state index in [9.17, 15) is 13.2 Å². The first-order valence-corrected chi connectivity index (χ1v) is 11.6. The highest BCUT2D eigenvalue weighted by atomic mass is 32.2. The topological polar surface area (TPSA) is 66.5 Å². The van der Waals surface area contributed by atoms with Crippen LogP contribution in [0.3, 0.4) is 0 Å². The van der Waals surface area contributed by atoms with Crippen molar-refractivity contribution in [3.63, 3.8) is 0 Å². The van der Waals surface area contributed by atoms with Gasteiger partial charge in [-0.15, -0.1) is 0 Å². The average Bonchev–Trinajstić information content (AvgIpc) is 2.59. The Morgan fingerprint density at radius 1 is 1.07 bits per heavy atom. The van der Waals surface area contributed by atoms with Gasteiger partial charge < -0.3 is 4.90 Å². The van der Waals surface area contributed by atoms with Gasteiger partial charge in [0.15, 0.2) is 0 Å². The summed E-state index contributed by atoms with van der Waals surface area (Å²) in [6.07, 6.45) is 6.46. The maximum atomic E-state index is 12.7. The molecule has 150 valence electrons. The second-order valence-electron chi connectivity index (χ2n) is 8.31. The second kappa shape index (κ2) is 8.31. The van der Waals surface area contributed by atoms with Crippen LogP contribution < -0.4 is 4.72 Å². The van der Waals surface area contributed by atoms with Crippen LogP contribution >= 0.6 is 0 Å². The lowest BCUT2D eigenvalue weighted by Crippen LogP contribution is -2.45. The fourth-order valence-electron chi connectivity index (χ4n) is 4.94. The maximum absolute atomic E-state index is 12.7.